The quantitative estimate of drug-likeness (QED) is 0.184. The number of rotatable bonds is 6. The third kappa shape index (κ3) is 4.99. The lowest BCUT2D eigenvalue weighted by Gasteiger charge is -2.14. The predicted octanol–water partition coefficient (Wildman–Crippen LogP) is 4.98. The molecule has 4 aromatic rings. The summed E-state index contributed by atoms with van der Waals surface area (Å²) in [5.41, 5.74) is 5.98. The summed E-state index contributed by atoms with van der Waals surface area (Å²) in [6, 6.07) is 22.1. The SMILES string of the molecule is C/C(=N/NC(=O)CSc1nc2ccccc2c(=O)n1-c1ccccc1C)c1ccccc1Cl. The Morgan fingerprint density at radius 1 is 1.06 bits per heavy atom. The number of hydrogen-bond donors (Lipinski definition) is 1. The molecule has 0 unspecified atom stereocenters. The first-order valence-electron chi connectivity index (χ1n) is 10.2. The molecule has 8 heteroatoms. The Hall–Kier alpha value is -3.42. The average molecular weight is 477 g/mol. The molecule has 33 heavy (non-hydrogen) atoms. The third-order valence-electron chi connectivity index (χ3n) is 5.05. The zero-order valence-corrected chi connectivity index (χ0v) is 19.7. The van der Waals surface area contributed by atoms with Gasteiger partial charge in [0.05, 0.1) is 28.1 Å². The number of nitrogens with one attached hydrogen (secondary N) is 1. The van der Waals surface area contributed by atoms with Gasteiger partial charge >= 0.3 is 0 Å². The lowest BCUT2D eigenvalue weighted by Crippen LogP contribution is -2.25. The van der Waals surface area contributed by atoms with E-state index in [1.165, 1.54) is 11.8 Å². The van der Waals surface area contributed by atoms with Crippen molar-refractivity contribution >= 4 is 45.9 Å². The van der Waals surface area contributed by atoms with Crippen LogP contribution < -0.4 is 11.0 Å². The van der Waals surface area contributed by atoms with Crippen LogP contribution in [0.4, 0.5) is 0 Å². The van der Waals surface area contributed by atoms with Crippen LogP contribution in [0, 0.1) is 6.92 Å². The molecule has 1 aromatic heterocycles. The van der Waals surface area contributed by atoms with Gasteiger partial charge in [0, 0.05) is 10.6 Å². The van der Waals surface area contributed by atoms with Gasteiger partial charge in [-0.05, 0) is 43.7 Å². The van der Waals surface area contributed by atoms with Crippen molar-refractivity contribution in [1.82, 2.24) is 15.0 Å². The molecule has 0 atom stereocenters. The number of hydrazone groups is 1. The van der Waals surface area contributed by atoms with Crippen LogP contribution >= 0.6 is 23.4 Å². The topological polar surface area (TPSA) is 76.3 Å². The first kappa shape index (κ1) is 22.8. The Labute approximate surface area is 200 Å². The van der Waals surface area contributed by atoms with Crippen molar-refractivity contribution in [3.8, 4) is 5.69 Å². The average Bonchev–Trinajstić information content (AvgIpc) is 2.82. The van der Waals surface area contributed by atoms with Crippen LogP contribution in [0.5, 0.6) is 0 Å². The number of carbonyl (C=O) groups is 1. The van der Waals surface area contributed by atoms with Crippen molar-refractivity contribution in [2.24, 2.45) is 5.10 Å². The maximum Gasteiger partial charge on any atom is 0.266 e. The van der Waals surface area contributed by atoms with E-state index in [1.54, 1.807) is 29.7 Å². The molecule has 4 rings (SSSR count). The van der Waals surface area contributed by atoms with Gasteiger partial charge in [0.1, 0.15) is 0 Å². The standard InChI is InChI=1S/C25H21ClN4O2S/c1-16-9-3-8-14-22(16)30-24(32)19-11-5-7-13-21(19)27-25(30)33-15-23(31)29-28-17(2)18-10-4-6-12-20(18)26/h3-14H,15H2,1-2H3,(H,29,31)/b28-17-. The molecular formula is C25H21ClN4O2S. The van der Waals surface area contributed by atoms with Crippen LogP contribution in [0.3, 0.4) is 0 Å². The largest absolute Gasteiger partial charge is 0.272 e. The minimum Gasteiger partial charge on any atom is -0.272 e. The minimum atomic E-state index is -0.315. The Bertz CT molecular complexity index is 1430. The van der Waals surface area contributed by atoms with Gasteiger partial charge in [-0.2, -0.15) is 5.10 Å². The lowest BCUT2D eigenvalue weighted by molar-refractivity contribution is -0.118. The fraction of sp³-hybridized carbons (Fsp3) is 0.120. The van der Waals surface area contributed by atoms with Crippen LogP contribution in [0.15, 0.2) is 87.8 Å². The summed E-state index contributed by atoms with van der Waals surface area (Å²) >= 11 is 7.37. The molecule has 6 nitrogen and oxygen atoms in total. The second-order valence-corrected chi connectivity index (χ2v) is 8.69. The number of hydrogen-bond acceptors (Lipinski definition) is 5. The van der Waals surface area contributed by atoms with E-state index < -0.39 is 0 Å². The van der Waals surface area contributed by atoms with E-state index in [0.717, 1.165) is 16.8 Å². The van der Waals surface area contributed by atoms with E-state index in [0.29, 0.717) is 26.8 Å². The van der Waals surface area contributed by atoms with E-state index >= 15 is 0 Å². The first-order valence-corrected chi connectivity index (χ1v) is 11.6. The number of halogens is 1. The highest BCUT2D eigenvalue weighted by Crippen LogP contribution is 2.23. The number of para-hydroxylation sites is 2. The molecule has 0 aliphatic carbocycles. The van der Waals surface area contributed by atoms with Gasteiger partial charge in [0.25, 0.3) is 11.5 Å². The predicted molar refractivity (Wildman–Crippen MR) is 135 cm³/mol. The summed E-state index contributed by atoms with van der Waals surface area (Å²) in [5, 5.41) is 5.68. The Balaban J connectivity index is 1.61. The Morgan fingerprint density at radius 3 is 2.55 bits per heavy atom. The molecule has 0 radical (unpaired) electrons. The van der Waals surface area contributed by atoms with Crippen LogP contribution in [0.2, 0.25) is 5.02 Å². The normalized spacial score (nSPS) is 11.5. The third-order valence-corrected chi connectivity index (χ3v) is 6.31. The zero-order chi connectivity index (χ0) is 23.4. The summed E-state index contributed by atoms with van der Waals surface area (Å²) in [7, 11) is 0. The van der Waals surface area contributed by atoms with Gasteiger partial charge in [-0.25, -0.2) is 10.4 Å². The van der Waals surface area contributed by atoms with Crippen molar-refractivity contribution in [3.63, 3.8) is 0 Å². The molecule has 0 aliphatic heterocycles. The minimum absolute atomic E-state index is 0.0377. The smallest absolute Gasteiger partial charge is 0.266 e. The molecule has 0 saturated heterocycles. The molecule has 1 amide bonds. The first-order chi connectivity index (χ1) is 16.0. The Morgan fingerprint density at radius 2 is 1.76 bits per heavy atom. The van der Waals surface area contributed by atoms with E-state index in [1.807, 2.05) is 61.5 Å². The number of aromatic nitrogens is 2. The highest BCUT2D eigenvalue weighted by Gasteiger charge is 2.16. The van der Waals surface area contributed by atoms with Crippen molar-refractivity contribution in [1.29, 1.82) is 0 Å². The van der Waals surface area contributed by atoms with E-state index in [9.17, 15) is 9.59 Å². The van der Waals surface area contributed by atoms with E-state index in [2.05, 4.69) is 15.5 Å². The van der Waals surface area contributed by atoms with E-state index in [4.69, 9.17) is 11.6 Å². The summed E-state index contributed by atoms with van der Waals surface area (Å²) in [5.74, 6) is -0.277. The highest BCUT2D eigenvalue weighted by atomic mass is 35.5. The van der Waals surface area contributed by atoms with Gasteiger partial charge in [-0.15, -0.1) is 0 Å². The van der Waals surface area contributed by atoms with E-state index in [-0.39, 0.29) is 17.2 Å². The fourth-order valence-corrected chi connectivity index (χ4v) is 4.43. The molecule has 0 fully saturated rings. The lowest BCUT2D eigenvalue weighted by atomic mass is 10.1. The zero-order valence-electron chi connectivity index (χ0n) is 18.1. The highest BCUT2D eigenvalue weighted by molar-refractivity contribution is 7.99. The number of amides is 1. The number of benzene rings is 3. The molecule has 0 aliphatic rings. The monoisotopic (exact) mass is 476 g/mol. The number of thioether (sulfide) groups is 1. The van der Waals surface area contributed by atoms with Gasteiger partial charge in [0.2, 0.25) is 0 Å². The van der Waals surface area contributed by atoms with Crippen LogP contribution in [0.1, 0.15) is 18.1 Å². The van der Waals surface area contributed by atoms with Crippen molar-refractivity contribution < 1.29 is 4.79 Å². The van der Waals surface area contributed by atoms with Gasteiger partial charge in [0.15, 0.2) is 5.16 Å². The van der Waals surface area contributed by atoms with Crippen molar-refractivity contribution in [2.45, 2.75) is 19.0 Å². The molecule has 1 N–H and O–H groups in total. The summed E-state index contributed by atoms with van der Waals surface area (Å²) in [4.78, 5) is 30.5. The number of fused-ring (bicyclic) bond motifs is 1. The Kier molecular flexibility index (Phi) is 6.91. The second kappa shape index (κ2) is 10.0. The molecule has 0 bridgehead atoms. The molecular weight excluding hydrogens is 456 g/mol. The molecule has 0 saturated carbocycles. The maximum absolute atomic E-state index is 13.3. The summed E-state index contributed by atoms with van der Waals surface area (Å²) in [6.07, 6.45) is 0. The molecule has 0 spiro atoms. The number of carbonyl (C=O) groups excluding carboxylic acids is 1. The molecule has 3 aromatic carbocycles. The second-order valence-electron chi connectivity index (χ2n) is 7.34. The molecule has 1 heterocycles. The van der Waals surface area contributed by atoms with Crippen molar-refractivity contribution in [2.75, 3.05) is 5.75 Å². The van der Waals surface area contributed by atoms with Crippen LogP contribution in [-0.4, -0.2) is 26.9 Å². The maximum atomic E-state index is 13.3. The van der Waals surface area contributed by atoms with Crippen molar-refractivity contribution in [3.05, 3.63) is 99.3 Å². The fourth-order valence-electron chi connectivity index (χ4n) is 3.36. The summed E-state index contributed by atoms with van der Waals surface area (Å²) < 4.78 is 1.56. The molecule has 166 valence electrons. The van der Waals surface area contributed by atoms with Gasteiger partial charge in [-0.1, -0.05) is 71.9 Å². The van der Waals surface area contributed by atoms with Gasteiger partial charge < -0.3 is 0 Å². The van der Waals surface area contributed by atoms with Gasteiger partial charge in [-0.3, -0.25) is 14.2 Å². The summed E-state index contributed by atoms with van der Waals surface area (Å²) in [6.45, 7) is 3.71. The van der Waals surface area contributed by atoms with Crippen LogP contribution in [-0.2, 0) is 4.79 Å². The number of aryl methyl sites for hydroxylation is 1. The number of nitrogens with zero attached hydrogens (tertiary/aromatic N) is 3. The van der Waals surface area contributed by atoms with Crippen LogP contribution in [0.25, 0.3) is 16.6 Å².